The van der Waals surface area contributed by atoms with Gasteiger partial charge in [-0.2, -0.15) is 0 Å². The Bertz CT molecular complexity index is 1290. The van der Waals surface area contributed by atoms with Gasteiger partial charge in [0.15, 0.2) is 11.2 Å². The van der Waals surface area contributed by atoms with E-state index in [0.29, 0.717) is 11.1 Å². The molecule has 2 saturated carbocycles. The number of rotatable bonds is 8. The van der Waals surface area contributed by atoms with Crippen LogP contribution in [0, 0.1) is 11.8 Å². The van der Waals surface area contributed by atoms with Crippen LogP contribution in [0.5, 0.6) is 0 Å². The number of likely N-dealkylation sites (tertiary alicyclic amines) is 2. The SMILES string of the molecule is CBr.CN1CCC(OC(=O)C(O)(c2ccccc2)C2CCCC2)CC1.C[N+]1(C)CCC(OC(=O)C(O)(c2ccccc2)C2CCCC2)CC1.[Br-]. The van der Waals surface area contributed by atoms with Gasteiger partial charge in [-0.1, -0.05) is 102 Å². The second-order valence-electron chi connectivity index (χ2n) is 15.1. The summed E-state index contributed by atoms with van der Waals surface area (Å²) >= 11 is 2.94. The summed E-state index contributed by atoms with van der Waals surface area (Å²) < 4.78 is 12.5. The van der Waals surface area contributed by atoms with Gasteiger partial charge in [0.25, 0.3) is 0 Å². The zero-order valence-corrected chi connectivity index (χ0v) is 33.7. The van der Waals surface area contributed by atoms with E-state index in [-0.39, 0.29) is 41.0 Å². The number of aliphatic hydroxyl groups is 2. The number of quaternary nitrogens is 1. The number of carbonyl (C=O) groups is 2. The Hall–Kier alpha value is -1.82. The fourth-order valence-electron chi connectivity index (χ4n) is 8.06. The third kappa shape index (κ3) is 10.6. The molecule has 0 amide bonds. The topological polar surface area (TPSA) is 96.3 Å². The summed E-state index contributed by atoms with van der Waals surface area (Å²) in [6, 6.07) is 18.7. The molecule has 2 unspecified atom stereocenters. The lowest BCUT2D eigenvalue weighted by atomic mass is 9.80. The summed E-state index contributed by atoms with van der Waals surface area (Å²) in [4.78, 5) is 28.2. The summed E-state index contributed by atoms with van der Waals surface area (Å²) in [5.41, 5.74) is -1.65. The van der Waals surface area contributed by atoms with Gasteiger partial charge in [-0.05, 0) is 62.5 Å². The largest absolute Gasteiger partial charge is 1.00 e. The van der Waals surface area contributed by atoms with E-state index in [0.717, 1.165) is 108 Å². The Morgan fingerprint density at radius 2 is 1.00 bits per heavy atom. The highest BCUT2D eigenvalue weighted by Gasteiger charge is 2.50. The fraction of sp³-hybridized carbons (Fsp3) is 0.650. The molecule has 0 spiro atoms. The first-order valence-electron chi connectivity index (χ1n) is 18.4. The van der Waals surface area contributed by atoms with Crippen molar-refractivity contribution >= 4 is 27.9 Å². The van der Waals surface area contributed by atoms with E-state index in [1.165, 1.54) is 0 Å². The minimum atomic E-state index is -1.50. The van der Waals surface area contributed by atoms with Crippen molar-refractivity contribution in [1.29, 1.82) is 0 Å². The average Bonchev–Trinajstić information content (AvgIpc) is 3.88. The van der Waals surface area contributed by atoms with E-state index < -0.39 is 23.1 Å². The monoisotopic (exact) mass is 822 g/mol. The molecule has 8 nitrogen and oxygen atoms in total. The second kappa shape index (κ2) is 19.9. The number of carbonyl (C=O) groups excluding carboxylic acids is 2. The van der Waals surface area contributed by atoms with Gasteiger partial charge < -0.3 is 46.1 Å². The molecule has 2 saturated heterocycles. The van der Waals surface area contributed by atoms with Crippen LogP contribution in [-0.2, 0) is 30.3 Å². The predicted octanol–water partition coefficient (Wildman–Crippen LogP) is 3.56. The van der Waals surface area contributed by atoms with Crippen LogP contribution in [0.1, 0.15) is 88.2 Å². The second-order valence-corrected chi connectivity index (χ2v) is 15.1. The lowest BCUT2D eigenvalue weighted by Crippen LogP contribution is -3.00. The van der Waals surface area contributed by atoms with Crippen molar-refractivity contribution in [2.24, 2.45) is 11.8 Å². The van der Waals surface area contributed by atoms with Crippen LogP contribution >= 0.6 is 15.9 Å². The maximum absolute atomic E-state index is 13.0. The molecule has 2 heterocycles. The molecule has 2 aromatic rings. The standard InChI is InChI=1S/C20H30NO3.C19H27NO3.CH3Br.BrH/c1-21(2)14-12-18(13-15-21)24-19(22)20(23,17-10-6-7-11-17)16-8-4-3-5-9-16;1-20-13-11-17(12-14-20)23-18(21)19(22,16-9-5-6-10-16)15-7-3-2-4-8-15;1-2;/h3-5,8-9,17-18,23H,6-7,10-15H2,1-2H3;2-4,7-8,16-17,22H,5-6,9-14H2,1H3;1H3;1H/q+1;;;/p-1. The summed E-state index contributed by atoms with van der Waals surface area (Å²) in [7, 11) is 6.49. The zero-order valence-electron chi connectivity index (χ0n) is 30.6. The molecule has 10 heteroatoms. The molecular formula is C40H60Br2N2O6. The molecule has 280 valence electrons. The fourth-order valence-corrected chi connectivity index (χ4v) is 8.06. The quantitative estimate of drug-likeness (QED) is 0.239. The summed E-state index contributed by atoms with van der Waals surface area (Å²) in [5.74, 6) is 0.835. The number of hydrogen-bond acceptors (Lipinski definition) is 7. The lowest BCUT2D eigenvalue weighted by molar-refractivity contribution is -0.896. The van der Waals surface area contributed by atoms with Crippen molar-refractivity contribution in [1.82, 2.24) is 4.90 Å². The molecule has 50 heavy (non-hydrogen) atoms. The molecule has 2 aromatic carbocycles. The van der Waals surface area contributed by atoms with Crippen LogP contribution in [0.4, 0.5) is 0 Å². The number of benzene rings is 2. The average molecular weight is 825 g/mol. The van der Waals surface area contributed by atoms with E-state index in [1.807, 2.05) is 66.5 Å². The van der Waals surface area contributed by atoms with Crippen LogP contribution < -0.4 is 17.0 Å². The number of hydrogen-bond donors (Lipinski definition) is 2. The minimum absolute atomic E-state index is 0. The van der Waals surface area contributed by atoms with Crippen LogP contribution in [0.25, 0.3) is 0 Å². The highest BCUT2D eigenvalue weighted by atomic mass is 79.9. The molecule has 6 rings (SSSR count). The smallest absolute Gasteiger partial charge is 0.343 e. The van der Waals surface area contributed by atoms with Crippen molar-refractivity contribution in [3.8, 4) is 0 Å². The first kappa shape index (κ1) is 42.6. The Morgan fingerprint density at radius 1 is 0.660 bits per heavy atom. The van der Waals surface area contributed by atoms with Crippen LogP contribution in [0.3, 0.4) is 0 Å². The molecule has 0 aromatic heterocycles. The number of ether oxygens (including phenoxy) is 2. The highest BCUT2D eigenvalue weighted by Crippen LogP contribution is 2.43. The minimum Gasteiger partial charge on any atom is -1.00 e. The first-order chi connectivity index (χ1) is 23.5. The molecule has 2 aliphatic carbocycles. The molecule has 0 radical (unpaired) electrons. The van der Waals surface area contributed by atoms with Gasteiger partial charge in [-0.15, -0.1) is 0 Å². The van der Waals surface area contributed by atoms with Gasteiger partial charge in [0.2, 0.25) is 0 Å². The van der Waals surface area contributed by atoms with E-state index in [2.05, 4.69) is 42.0 Å². The third-order valence-corrected chi connectivity index (χ3v) is 11.3. The molecular weight excluding hydrogens is 764 g/mol. The number of esters is 2. The maximum atomic E-state index is 13.0. The predicted molar refractivity (Wildman–Crippen MR) is 197 cm³/mol. The Kier molecular flexibility index (Phi) is 16.9. The molecule has 4 aliphatic rings. The van der Waals surface area contributed by atoms with Crippen LogP contribution in [0.15, 0.2) is 60.7 Å². The van der Waals surface area contributed by atoms with Crippen molar-refractivity contribution in [2.45, 2.75) is 100 Å². The van der Waals surface area contributed by atoms with Gasteiger partial charge in [0, 0.05) is 37.8 Å². The lowest BCUT2D eigenvalue weighted by Gasteiger charge is -2.38. The van der Waals surface area contributed by atoms with E-state index in [9.17, 15) is 19.8 Å². The summed E-state index contributed by atoms with van der Waals surface area (Å²) in [5, 5.41) is 22.8. The Balaban J connectivity index is 0.000000253. The van der Waals surface area contributed by atoms with Crippen LogP contribution in [0.2, 0.25) is 0 Å². The number of halogens is 2. The van der Waals surface area contributed by atoms with Gasteiger partial charge in [-0.3, -0.25) is 0 Å². The zero-order chi connectivity index (χ0) is 35.5. The molecule has 4 fully saturated rings. The summed E-state index contributed by atoms with van der Waals surface area (Å²) in [6.45, 7) is 3.88. The molecule has 2 N–H and O–H groups in total. The van der Waals surface area contributed by atoms with Crippen LogP contribution in [-0.4, -0.2) is 96.9 Å². The van der Waals surface area contributed by atoms with E-state index in [4.69, 9.17) is 9.47 Å². The van der Waals surface area contributed by atoms with Crippen molar-refractivity contribution in [2.75, 3.05) is 53.2 Å². The molecule has 2 aliphatic heterocycles. The highest BCUT2D eigenvalue weighted by molar-refractivity contribution is 9.08. The van der Waals surface area contributed by atoms with Crippen molar-refractivity contribution in [3.63, 3.8) is 0 Å². The van der Waals surface area contributed by atoms with Gasteiger partial charge in [0.1, 0.15) is 12.2 Å². The van der Waals surface area contributed by atoms with E-state index in [1.54, 1.807) is 0 Å². The van der Waals surface area contributed by atoms with Crippen molar-refractivity contribution in [3.05, 3.63) is 71.8 Å². The number of alkyl halides is 1. The molecule has 2 atom stereocenters. The number of piperidine rings is 2. The molecule has 0 bridgehead atoms. The van der Waals surface area contributed by atoms with Gasteiger partial charge in [-0.25, -0.2) is 9.59 Å². The van der Waals surface area contributed by atoms with E-state index >= 15 is 0 Å². The maximum Gasteiger partial charge on any atom is 0.343 e. The van der Waals surface area contributed by atoms with Gasteiger partial charge in [0.05, 0.1) is 27.2 Å². The third-order valence-electron chi connectivity index (χ3n) is 11.3. The van der Waals surface area contributed by atoms with Gasteiger partial charge >= 0.3 is 11.9 Å². The van der Waals surface area contributed by atoms with Crippen molar-refractivity contribution < 1.29 is 50.7 Å². The summed E-state index contributed by atoms with van der Waals surface area (Å²) in [6.07, 6.45) is 11.1. The Labute approximate surface area is 319 Å². The Morgan fingerprint density at radius 3 is 1.36 bits per heavy atom. The number of nitrogens with zero attached hydrogens (tertiary/aromatic N) is 2. The normalized spacial score (nSPS) is 22.7. The first-order valence-corrected chi connectivity index (χ1v) is 20.0.